The van der Waals surface area contributed by atoms with Gasteiger partial charge < -0.3 is 10.5 Å². The molecule has 0 spiro atoms. The predicted molar refractivity (Wildman–Crippen MR) is 84.0 cm³/mol. The van der Waals surface area contributed by atoms with E-state index in [2.05, 4.69) is 4.72 Å². The molecule has 0 aliphatic rings. The van der Waals surface area contributed by atoms with Crippen LogP contribution in [0.1, 0.15) is 12.5 Å². The molecule has 0 radical (unpaired) electrons. The Balaban J connectivity index is 2.29. The predicted octanol–water partition coefficient (Wildman–Crippen LogP) is 2.78. The average molecular weight is 306 g/mol. The second kappa shape index (κ2) is 6.05. The van der Waals surface area contributed by atoms with Gasteiger partial charge in [-0.2, -0.15) is 0 Å². The number of hydrogen-bond donors (Lipinski definition) is 2. The maximum absolute atomic E-state index is 12.3. The van der Waals surface area contributed by atoms with Gasteiger partial charge in [0.1, 0.15) is 5.75 Å². The first-order valence-corrected chi connectivity index (χ1v) is 8.02. The molecule has 0 fully saturated rings. The Bertz CT molecular complexity index is 742. The summed E-state index contributed by atoms with van der Waals surface area (Å²) in [6.45, 7) is 4.28. The second-order valence-corrected chi connectivity index (χ2v) is 6.27. The van der Waals surface area contributed by atoms with Crippen LogP contribution in [0.15, 0.2) is 47.4 Å². The van der Waals surface area contributed by atoms with Crippen molar-refractivity contribution >= 4 is 21.4 Å². The van der Waals surface area contributed by atoms with E-state index in [0.29, 0.717) is 23.7 Å². The van der Waals surface area contributed by atoms with Crippen LogP contribution in [0, 0.1) is 6.92 Å². The lowest BCUT2D eigenvalue weighted by Gasteiger charge is -2.12. The summed E-state index contributed by atoms with van der Waals surface area (Å²) < 4.78 is 32.6. The van der Waals surface area contributed by atoms with Gasteiger partial charge in [-0.1, -0.05) is 6.07 Å². The Kier molecular flexibility index (Phi) is 4.37. The number of nitrogens with two attached hydrogens (primary N) is 1. The summed E-state index contributed by atoms with van der Waals surface area (Å²) in [6, 6.07) is 11.4. The van der Waals surface area contributed by atoms with Crippen LogP contribution in [-0.4, -0.2) is 15.0 Å². The van der Waals surface area contributed by atoms with E-state index < -0.39 is 10.0 Å². The molecule has 0 saturated heterocycles. The summed E-state index contributed by atoms with van der Waals surface area (Å²) in [4.78, 5) is 0.135. The van der Waals surface area contributed by atoms with Crippen molar-refractivity contribution in [3.8, 4) is 5.75 Å². The smallest absolute Gasteiger partial charge is 0.261 e. The van der Waals surface area contributed by atoms with Crippen LogP contribution in [0.3, 0.4) is 0 Å². The summed E-state index contributed by atoms with van der Waals surface area (Å²) in [6.07, 6.45) is 0. The molecule has 0 bridgehead atoms. The Morgan fingerprint density at radius 1 is 1.19 bits per heavy atom. The van der Waals surface area contributed by atoms with E-state index in [4.69, 9.17) is 10.5 Å². The van der Waals surface area contributed by atoms with Gasteiger partial charge in [0.15, 0.2) is 0 Å². The maximum atomic E-state index is 12.3. The molecule has 2 aromatic carbocycles. The SMILES string of the molecule is CCOc1ccc(NS(=O)(=O)c2cccc(N)c2)c(C)c1. The highest BCUT2D eigenvalue weighted by molar-refractivity contribution is 7.92. The van der Waals surface area contributed by atoms with Crippen molar-refractivity contribution in [2.45, 2.75) is 18.7 Å². The number of sulfonamides is 1. The van der Waals surface area contributed by atoms with Crippen molar-refractivity contribution in [2.75, 3.05) is 17.1 Å². The fraction of sp³-hybridized carbons (Fsp3) is 0.200. The van der Waals surface area contributed by atoms with Crippen LogP contribution in [-0.2, 0) is 10.0 Å². The average Bonchev–Trinajstić information content (AvgIpc) is 2.42. The molecular formula is C15H18N2O3S. The first-order chi connectivity index (χ1) is 9.92. The quantitative estimate of drug-likeness (QED) is 0.832. The Hall–Kier alpha value is -2.21. The highest BCUT2D eigenvalue weighted by Gasteiger charge is 2.15. The normalized spacial score (nSPS) is 11.1. The standard InChI is InChI=1S/C15H18N2O3S/c1-3-20-13-7-8-15(11(2)9-13)17-21(18,19)14-6-4-5-12(16)10-14/h4-10,17H,3,16H2,1-2H3. The minimum absolute atomic E-state index is 0.135. The van der Waals surface area contributed by atoms with Crippen LogP contribution >= 0.6 is 0 Å². The first kappa shape index (κ1) is 15.2. The Morgan fingerprint density at radius 3 is 2.57 bits per heavy atom. The lowest BCUT2D eigenvalue weighted by Crippen LogP contribution is -2.14. The summed E-state index contributed by atoms with van der Waals surface area (Å²) in [5.41, 5.74) is 7.33. The summed E-state index contributed by atoms with van der Waals surface area (Å²) >= 11 is 0. The molecular weight excluding hydrogens is 288 g/mol. The van der Waals surface area contributed by atoms with Crippen LogP contribution in [0.5, 0.6) is 5.75 Å². The van der Waals surface area contributed by atoms with E-state index in [9.17, 15) is 8.42 Å². The molecule has 0 saturated carbocycles. The molecule has 6 heteroatoms. The van der Waals surface area contributed by atoms with Gasteiger partial charge in [-0.25, -0.2) is 8.42 Å². The number of aryl methyl sites for hydroxylation is 1. The third-order valence-corrected chi connectivity index (χ3v) is 4.28. The zero-order valence-corrected chi connectivity index (χ0v) is 12.8. The van der Waals surface area contributed by atoms with Crippen molar-refractivity contribution in [3.63, 3.8) is 0 Å². The van der Waals surface area contributed by atoms with Gasteiger partial charge in [-0.05, 0) is 55.8 Å². The van der Waals surface area contributed by atoms with Gasteiger partial charge in [0.2, 0.25) is 0 Å². The number of hydrogen-bond acceptors (Lipinski definition) is 4. The van der Waals surface area contributed by atoms with Crippen LogP contribution < -0.4 is 15.2 Å². The van der Waals surface area contributed by atoms with Crippen molar-refractivity contribution in [3.05, 3.63) is 48.0 Å². The number of rotatable bonds is 5. The molecule has 0 aliphatic heterocycles. The first-order valence-electron chi connectivity index (χ1n) is 6.54. The number of ether oxygens (including phenoxy) is 1. The topological polar surface area (TPSA) is 81.4 Å². The van der Waals surface area contributed by atoms with Gasteiger partial charge in [0.25, 0.3) is 10.0 Å². The number of nitrogen functional groups attached to an aromatic ring is 1. The van der Waals surface area contributed by atoms with E-state index in [-0.39, 0.29) is 4.90 Å². The summed E-state index contributed by atoms with van der Waals surface area (Å²) in [5.74, 6) is 0.710. The minimum atomic E-state index is -3.65. The largest absolute Gasteiger partial charge is 0.494 e. The van der Waals surface area contributed by atoms with Gasteiger partial charge in [-0.15, -0.1) is 0 Å². The third kappa shape index (κ3) is 3.66. The lowest BCUT2D eigenvalue weighted by molar-refractivity contribution is 0.340. The summed E-state index contributed by atoms with van der Waals surface area (Å²) in [5, 5.41) is 0. The van der Waals surface area contributed by atoms with E-state index in [1.807, 2.05) is 13.8 Å². The van der Waals surface area contributed by atoms with Crippen LogP contribution in [0.2, 0.25) is 0 Å². The van der Waals surface area contributed by atoms with Crippen molar-refractivity contribution < 1.29 is 13.2 Å². The third-order valence-electron chi connectivity index (χ3n) is 2.92. The van der Waals surface area contributed by atoms with Crippen LogP contribution in [0.4, 0.5) is 11.4 Å². The van der Waals surface area contributed by atoms with Crippen molar-refractivity contribution in [1.82, 2.24) is 0 Å². The molecule has 2 aromatic rings. The monoisotopic (exact) mass is 306 g/mol. The fourth-order valence-corrected chi connectivity index (χ4v) is 3.08. The van der Waals surface area contributed by atoms with Gasteiger partial charge in [-0.3, -0.25) is 4.72 Å². The summed E-state index contributed by atoms with van der Waals surface area (Å²) in [7, 11) is -3.65. The van der Waals surface area contributed by atoms with Gasteiger partial charge in [0, 0.05) is 5.69 Å². The highest BCUT2D eigenvalue weighted by atomic mass is 32.2. The Labute approximate surface area is 124 Å². The Morgan fingerprint density at radius 2 is 1.95 bits per heavy atom. The molecule has 21 heavy (non-hydrogen) atoms. The molecule has 5 nitrogen and oxygen atoms in total. The lowest BCUT2D eigenvalue weighted by atomic mass is 10.2. The van der Waals surface area contributed by atoms with Gasteiger partial charge in [0.05, 0.1) is 17.2 Å². The number of benzene rings is 2. The molecule has 2 rings (SSSR count). The maximum Gasteiger partial charge on any atom is 0.261 e. The molecule has 0 atom stereocenters. The zero-order valence-electron chi connectivity index (χ0n) is 12.0. The fourth-order valence-electron chi connectivity index (χ4n) is 1.89. The van der Waals surface area contributed by atoms with E-state index in [1.165, 1.54) is 12.1 Å². The minimum Gasteiger partial charge on any atom is -0.494 e. The second-order valence-electron chi connectivity index (χ2n) is 4.59. The highest BCUT2D eigenvalue weighted by Crippen LogP contribution is 2.24. The van der Waals surface area contributed by atoms with E-state index in [1.54, 1.807) is 30.3 Å². The molecule has 112 valence electrons. The molecule has 0 aromatic heterocycles. The van der Waals surface area contributed by atoms with Crippen molar-refractivity contribution in [2.24, 2.45) is 0 Å². The van der Waals surface area contributed by atoms with E-state index >= 15 is 0 Å². The number of anilines is 2. The zero-order chi connectivity index (χ0) is 15.5. The number of nitrogens with one attached hydrogen (secondary N) is 1. The van der Waals surface area contributed by atoms with E-state index in [0.717, 1.165) is 5.56 Å². The van der Waals surface area contributed by atoms with Crippen LogP contribution in [0.25, 0.3) is 0 Å². The molecule has 3 N–H and O–H groups in total. The molecule has 0 amide bonds. The molecule has 0 aliphatic carbocycles. The van der Waals surface area contributed by atoms with Gasteiger partial charge >= 0.3 is 0 Å². The molecule has 0 unspecified atom stereocenters. The molecule has 0 heterocycles. The van der Waals surface area contributed by atoms with Crippen molar-refractivity contribution in [1.29, 1.82) is 0 Å².